The van der Waals surface area contributed by atoms with Gasteiger partial charge in [0.15, 0.2) is 0 Å². The van der Waals surface area contributed by atoms with Gasteiger partial charge >= 0.3 is 0 Å². The molecule has 6 nitrogen and oxygen atoms in total. The normalized spacial score (nSPS) is 20.6. The summed E-state index contributed by atoms with van der Waals surface area (Å²) in [4.78, 5) is 6.76. The molecule has 0 bridgehead atoms. The SMILES string of the molecule is Cc1ccc(-c2noc([C@@H]3CCCN(C)C3)n2)nn1. The Kier molecular flexibility index (Phi) is 3.25. The summed E-state index contributed by atoms with van der Waals surface area (Å²) < 4.78 is 5.38. The summed E-state index contributed by atoms with van der Waals surface area (Å²) in [6.45, 7) is 4.01. The van der Waals surface area contributed by atoms with E-state index in [9.17, 15) is 0 Å². The summed E-state index contributed by atoms with van der Waals surface area (Å²) >= 11 is 0. The molecule has 3 heterocycles. The third-order valence-electron chi connectivity index (χ3n) is 3.44. The highest BCUT2D eigenvalue weighted by Gasteiger charge is 2.24. The molecule has 0 N–H and O–H groups in total. The van der Waals surface area contributed by atoms with Gasteiger partial charge in [-0.2, -0.15) is 10.1 Å². The van der Waals surface area contributed by atoms with Gasteiger partial charge in [0, 0.05) is 6.54 Å². The van der Waals surface area contributed by atoms with Crippen molar-refractivity contribution >= 4 is 0 Å². The van der Waals surface area contributed by atoms with Crippen molar-refractivity contribution < 1.29 is 4.52 Å². The summed E-state index contributed by atoms with van der Waals surface area (Å²) in [5.41, 5.74) is 1.53. The van der Waals surface area contributed by atoms with Crippen molar-refractivity contribution in [3.05, 3.63) is 23.7 Å². The maximum absolute atomic E-state index is 5.38. The predicted molar refractivity (Wildman–Crippen MR) is 69.5 cm³/mol. The smallest absolute Gasteiger partial charge is 0.231 e. The molecule has 1 aliphatic heterocycles. The molecule has 3 rings (SSSR count). The van der Waals surface area contributed by atoms with E-state index in [1.807, 2.05) is 19.1 Å². The second-order valence-electron chi connectivity index (χ2n) is 5.12. The minimum absolute atomic E-state index is 0.332. The number of likely N-dealkylation sites (tertiary alicyclic amines) is 1. The highest BCUT2D eigenvalue weighted by molar-refractivity contribution is 5.46. The molecule has 0 spiro atoms. The Morgan fingerprint density at radius 1 is 1.32 bits per heavy atom. The van der Waals surface area contributed by atoms with Gasteiger partial charge in [0.1, 0.15) is 5.69 Å². The van der Waals surface area contributed by atoms with Crippen LogP contribution < -0.4 is 0 Å². The molecule has 1 saturated heterocycles. The molecule has 0 unspecified atom stereocenters. The van der Waals surface area contributed by atoms with Crippen molar-refractivity contribution in [1.82, 2.24) is 25.2 Å². The molecule has 0 amide bonds. The fourth-order valence-electron chi connectivity index (χ4n) is 2.39. The third-order valence-corrected chi connectivity index (χ3v) is 3.44. The summed E-state index contributed by atoms with van der Waals surface area (Å²) in [6, 6.07) is 3.76. The molecule has 0 radical (unpaired) electrons. The average molecular weight is 259 g/mol. The number of nitrogens with zero attached hydrogens (tertiary/aromatic N) is 5. The van der Waals surface area contributed by atoms with Crippen LogP contribution in [0.25, 0.3) is 11.5 Å². The lowest BCUT2D eigenvalue weighted by molar-refractivity contribution is 0.220. The molecule has 0 aromatic carbocycles. The van der Waals surface area contributed by atoms with Gasteiger partial charge < -0.3 is 9.42 Å². The summed E-state index contributed by atoms with van der Waals surface area (Å²) in [5, 5.41) is 12.1. The van der Waals surface area contributed by atoms with Gasteiger partial charge in [-0.05, 0) is 45.5 Å². The Hall–Kier alpha value is -1.82. The van der Waals surface area contributed by atoms with E-state index in [2.05, 4.69) is 32.3 Å². The summed E-state index contributed by atoms with van der Waals surface area (Å²) in [5.74, 6) is 1.57. The second-order valence-corrected chi connectivity index (χ2v) is 5.12. The lowest BCUT2D eigenvalue weighted by Gasteiger charge is -2.27. The van der Waals surface area contributed by atoms with Crippen molar-refractivity contribution in [3.63, 3.8) is 0 Å². The van der Waals surface area contributed by atoms with Crippen molar-refractivity contribution in [2.75, 3.05) is 20.1 Å². The Balaban J connectivity index is 1.81. The molecule has 2 aromatic heterocycles. The number of piperidine rings is 1. The van der Waals surface area contributed by atoms with E-state index in [0.717, 1.165) is 25.2 Å². The fourth-order valence-corrected chi connectivity index (χ4v) is 2.39. The molecular weight excluding hydrogens is 242 g/mol. The van der Waals surface area contributed by atoms with Crippen LogP contribution in [0.1, 0.15) is 30.3 Å². The zero-order chi connectivity index (χ0) is 13.2. The molecule has 0 saturated carbocycles. The predicted octanol–water partition coefficient (Wildman–Crippen LogP) is 1.64. The first-order valence-electron chi connectivity index (χ1n) is 6.55. The van der Waals surface area contributed by atoms with E-state index in [0.29, 0.717) is 23.3 Å². The average Bonchev–Trinajstić information content (AvgIpc) is 2.89. The first-order chi connectivity index (χ1) is 9.22. The van der Waals surface area contributed by atoms with Crippen LogP contribution in [-0.2, 0) is 0 Å². The van der Waals surface area contributed by atoms with Crippen LogP contribution in [0.5, 0.6) is 0 Å². The summed E-state index contributed by atoms with van der Waals surface area (Å²) in [6.07, 6.45) is 2.27. The highest BCUT2D eigenvalue weighted by atomic mass is 16.5. The Morgan fingerprint density at radius 3 is 2.95 bits per heavy atom. The number of likely N-dealkylation sites (N-methyl/N-ethyl adjacent to an activating group) is 1. The molecular formula is C13H17N5O. The number of hydrogen-bond acceptors (Lipinski definition) is 6. The van der Waals surface area contributed by atoms with Crippen molar-refractivity contribution in [2.45, 2.75) is 25.7 Å². The highest BCUT2D eigenvalue weighted by Crippen LogP contribution is 2.26. The lowest BCUT2D eigenvalue weighted by atomic mass is 9.98. The Bertz CT molecular complexity index is 550. The van der Waals surface area contributed by atoms with Crippen LogP contribution in [0.2, 0.25) is 0 Å². The zero-order valence-electron chi connectivity index (χ0n) is 11.2. The molecule has 0 aliphatic carbocycles. The van der Waals surface area contributed by atoms with Crippen LogP contribution in [0.15, 0.2) is 16.7 Å². The molecule has 19 heavy (non-hydrogen) atoms. The molecule has 1 aliphatic rings. The first kappa shape index (κ1) is 12.2. The molecule has 1 atom stereocenters. The van der Waals surface area contributed by atoms with Crippen LogP contribution >= 0.6 is 0 Å². The molecule has 1 fully saturated rings. The van der Waals surface area contributed by atoms with E-state index in [1.54, 1.807) is 0 Å². The Labute approximate surface area is 111 Å². The van der Waals surface area contributed by atoms with Crippen molar-refractivity contribution in [1.29, 1.82) is 0 Å². The van der Waals surface area contributed by atoms with E-state index >= 15 is 0 Å². The maximum atomic E-state index is 5.38. The van der Waals surface area contributed by atoms with Gasteiger partial charge in [-0.3, -0.25) is 0 Å². The van der Waals surface area contributed by atoms with E-state index in [1.165, 1.54) is 6.42 Å². The topological polar surface area (TPSA) is 67.9 Å². The quantitative estimate of drug-likeness (QED) is 0.816. The van der Waals surface area contributed by atoms with E-state index in [-0.39, 0.29) is 0 Å². The largest absolute Gasteiger partial charge is 0.339 e. The molecule has 6 heteroatoms. The van der Waals surface area contributed by atoms with Crippen molar-refractivity contribution in [3.8, 4) is 11.5 Å². The van der Waals surface area contributed by atoms with Gasteiger partial charge in [0.05, 0.1) is 11.6 Å². The first-order valence-corrected chi connectivity index (χ1v) is 6.55. The van der Waals surface area contributed by atoms with Crippen LogP contribution in [0, 0.1) is 6.92 Å². The molecule has 2 aromatic rings. The van der Waals surface area contributed by atoms with Crippen molar-refractivity contribution in [2.24, 2.45) is 0 Å². The second kappa shape index (κ2) is 5.05. The number of hydrogen-bond donors (Lipinski definition) is 0. The van der Waals surface area contributed by atoms with Gasteiger partial charge in [-0.1, -0.05) is 5.16 Å². The maximum Gasteiger partial charge on any atom is 0.231 e. The monoisotopic (exact) mass is 259 g/mol. The van der Waals surface area contributed by atoms with E-state index < -0.39 is 0 Å². The van der Waals surface area contributed by atoms with Gasteiger partial charge in [-0.25, -0.2) is 0 Å². The molecule has 100 valence electrons. The summed E-state index contributed by atoms with van der Waals surface area (Å²) in [7, 11) is 2.12. The van der Waals surface area contributed by atoms with Gasteiger partial charge in [0.2, 0.25) is 11.7 Å². The van der Waals surface area contributed by atoms with Crippen LogP contribution in [-0.4, -0.2) is 45.4 Å². The van der Waals surface area contributed by atoms with Crippen LogP contribution in [0.3, 0.4) is 0 Å². The number of rotatable bonds is 2. The fraction of sp³-hybridized carbons (Fsp3) is 0.538. The third kappa shape index (κ3) is 2.63. The number of aryl methyl sites for hydroxylation is 1. The Morgan fingerprint density at radius 2 is 2.21 bits per heavy atom. The zero-order valence-corrected chi connectivity index (χ0v) is 11.2. The van der Waals surface area contributed by atoms with Gasteiger partial charge in [-0.15, -0.1) is 5.10 Å². The minimum atomic E-state index is 0.332. The van der Waals surface area contributed by atoms with Gasteiger partial charge in [0.25, 0.3) is 0 Å². The minimum Gasteiger partial charge on any atom is -0.339 e. The lowest BCUT2D eigenvalue weighted by Crippen LogP contribution is -2.30. The van der Waals surface area contributed by atoms with E-state index in [4.69, 9.17) is 4.52 Å². The number of aromatic nitrogens is 4. The standard InChI is InChI=1S/C13H17N5O/c1-9-5-6-11(16-15-9)12-14-13(19-17-12)10-4-3-7-18(2)8-10/h5-6,10H,3-4,7-8H2,1-2H3/t10-/m1/s1. The van der Waals surface area contributed by atoms with Crippen LogP contribution in [0.4, 0.5) is 0 Å².